The predicted octanol–water partition coefficient (Wildman–Crippen LogP) is 3.91. The number of hydrogen-bond donors (Lipinski definition) is 0. The van der Waals surface area contributed by atoms with Crippen molar-refractivity contribution in [3.63, 3.8) is 0 Å². The predicted molar refractivity (Wildman–Crippen MR) is 111 cm³/mol. The highest BCUT2D eigenvalue weighted by atomic mass is 32.2. The molecule has 0 N–H and O–H groups in total. The third-order valence-electron chi connectivity index (χ3n) is 4.18. The van der Waals surface area contributed by atoms with E-state index < -0.39 is 5.97 Å². The first-order chi connectivity index (χ1) is 14.1. The van der Waals surface area contributed by atoms with Gasteiger partial charge >= 0.3 is 5.97 Å². The molecular formula is C22H21NO5S. The maximum Gasteiger partial charge on any atom is 0.344 e. The topological polar surface area (TPSA) is 72.9 Å². The van der Waals surface area contributed by atoms with Gasteiger partial charge in [-0.15, -0.1) is 0 Å². The summed E-state index contributed by atoms with van der Waals surface area (Å²) < 4.78 is 10.2. The summed E-state index contributed by atoms with van der Waals surface area (Å²) in [6.07, 6.45) is 2.31. The van der Waals surface area contributed by atoms with Crippen molar-refractivity contribution in [3.8, 4) is 5.75 Å². The van der Waals surface area contributed by atoms with Crippen molar-refractivity contribution in [1.29, 1.82) is 0 Å². The number of thioether (sulfide) groups is 1. The van der Waals surface area contributed by atoms with Crippen molar-refractivity contribution >= 4 is 35.0 Å². The summed E-state index contributed by atoms with van der Waals surface area (Å²) in [5.41, 5.74) is 1.84. The van der Waals surface area contributed by atoms with Crippen LogP contribution in [0.15, 0.2) is 59.5 Å². The molecule has 0 radical (unpaired) electrons. The number of carbonyl (C=O) groups is 3. The molecule has 0 bridgehead atoms. The van der Waals surface area contributed by atoms with Gasteiger partial charge in [0.25, 0.3) is 11.1 Å². The molecule has 6 nitrogen and oxygen atoms in total. The van der Waals surface area contributed by atoms with E-state index in [4.69, 9.17) is 9.47 Å². The van der Waals surface area contributed by atoms with E-state index in [-0.39, 0.29) is 17.8 Å². The molecule has 1 saturated heterocycles. The van der Waals surface area contributed by atoms with Crippen LogP contribution in [0.5, 0.6) is 5.75 Å². The van der Waals surface area contributed by atoms with Gasteiger partial charge < -0.3 is 9.47 Å². The van der Waals surface area contributed by atoms with E-state index in [0.717, 1.165) is 22.9 Å². The third-order valence-corrected chi connectivity index (χ3v) is 5.09. The largest absolute Gasteiger partial charge is 0.482 e. The Labute approximate surface area is 173 Å². The zero-order valence-electron chi connectivity index (χ0n) is 16.0. The number of ether oxygens (including phenoxy) is 2. The van der Waals surface area contributed by atoms with Gasteiger partial charge in [-0.05, 0) is 54.4 Å². The van der Waals surface area contributed by atoms with E-state index in [0.29, 0.717) is 30.2 Å². The molecule has 0 aliphatic carbocycles. The van der Waals surface area contributed by atoms with E-state index in [9.17, 15) is 14.4 Å². The maximum atomic E-state index is 12.6. The Morgan fingerprint density at radius 3 is 2.48 bits per heavy atom. The van der Waals surface area contributed by atoms with Crippen molar-refractivity contribution in [2.24, 2.45) is 0 Å². The first-order valence-corrected chi connectivity index (χ1v) is 10.1. The molecule has 150 valence electrons. The fraction of sp³-hybridized carbons (Fsp3) is 0.227. The first-order valence-electron chi connectivity index (χ1n) is 9.24. The zero-order valence-corrected chi connectivity index (χ0v) is 16.8. The fourth-order valence-corrected chi connectivity index (χ4v) is 3.60. The van der Waals surface area contributed by atoms with Crippen LogP contribution in [-0.2, 0) is 20.7 Å². The molecule has 0 atom stereocenters. The molecular weight excluding hydrogens is 390 g/mol. The van der Waals surface area contributed by atoms with Gasteiger partial charge in [-0.2, -0.15) is 0 Å². The summed E-state index contributed by atoms with van der Waals surface area (Å²) in [7, 11) is 0. The van der Waals surface area contributed by atoms with E-state index in [1.54, 1.807) is 37.3 Å². The Hall–Kier alpha value is -3.06. The minimum absolute atomic E-state index is 0.159. The van der Waals surface area contributed by atoms with Gasteiger partial charge in [0.2, 0.25) is 0 Å². The van der Waals surface area contributed by atoms with Crippen LogP contribution < -0.4 is 4.74 Å². The molecule has 2 aromatic rings. The highest BCUT2D eigenvalue weighted by molar-refractivity contribution is 8.18. The van der Waals surface area contributed by atoms with Gasteiger partial charge in [0.1, 0.15) is 5.75 Å². The summed E-state index contributed by atoms with van der Waals surface area (Å²) in [6.45, 7) is 2.23. The standard InChI is InChI=1S/C22H21NO5S/c1-2-27-20(24)15-28-18-10-8-17(9-11-18)14-19-21(25)23(22(26)29-19)13-12-16-6-4-3-5-7-16/h3-11,14H,2,12-13,15H2,1H3/b19-14-. The molecule has 29 heavy (non-hydrogen) atoms. The Balaban J connectivity index is 1.59. The molecule has 2 amide bonds. The Morgan fingerprint density at radius 2 is 1.79 bits per heavy atom. The second kappa shape index (κ2) is 9.93. The molecule has 1 aliphatic rings. The van der Waals surface area contributed by atoms with Crippen LogP contribution in [-0.4, -0.2) is 41.8 Å². The molecule has 1 aliphatic heterocycles. The highest BCUT2D eigenvalue weighted by Gasteiger charge is 2.34. The smallest absolute Gasteiger partial charge is 0.344 e. The van der Waals surface area contributed by atoms with Crippen molar-refractivity contribution in [3.05, 3.63) is 70.6 Å². The number of benzene rings is 2. The number of amides is 2. The number of nitrogens with zero attached hydrogens (tertiary/aromatic N) is 1. The molecule has 0 saturated carbocycles. The Morgan fingerprint density at radius 1 is 1.07 bits per heavy atom. The van der Waals surface area contributed by atoms with Gasteiger partial charge in [0.05, 0.1) is 11.5 Å². The molecule has 0 aromatic heterocycles. The SMILES string of the molecule is CCOC(=O)COc1ccc(/C=C2\SC(=O)N(CCc3ccccc3)C2=O)cc1. The molecule has 1 heterocycles. The monoisotopic (exact) mass is 411 g/mol. The average molecular weight is 411 g/mol. The quantitative estimate of drug-likeness (QED) is 0.484. The number of rotatable bonds is 8. The zero-order chi connectivity index (χ0) is 20.6. The van der Waals surface area contributed by atoms with Crippen LogP contribution in [0, 0.1) is 0 Å². The van der Waals surface area contributed by atoms with Crippen molar-refractivity contribution in [2.75, 3.05) is 19.8 Å². The lowest BCUT2D eigenvalue weighted by Crippen LogP contribution is -2.30. The van der Waals surface area contributed by atoms with Gasteiger partial charge in [-0.1, -0.05) is 42.5 Å². The number of hydrogen-bond acceptors (Lipinski definition) is 6. The van der Waals surface area contributed by atoms with Crippen molar-refractivity contribution in [1.82, 2.24) is 4.90 Å². The fourth-order valence-electron chi connectivity index (χ4n) is 2.73. The molecule has 0 unspecified atom stereocenters. The van der Waals surface area contributed by atoms with Crippen LogP contribution in [0.25, 0.3) is 6.08 Å². The number of carbonyl (C=O) groups excluding carboxylic acids is 3. The van der Waals surface area contributed by atoms with Crippen LogP contribution in [0.3, 0.4) is 0 Å². The van der Waals surface area contributed by atoms with Crippen LogP contribution in [0.4, 0.5) is 4.79 Å². The van der Waals surface area contributed by atoms with Crippen molar-refractivity contribution < 1.29 is 23.9 Å². The van der Waals surface area contributed by atoms with Gasteiger partial charge in [-0.3, -0.25) is 14.5 Å². The number of imide groups is 1. The number of esters is 1. The van der Waals surface area contributed by atoms with Gasteiger partial charge in [0.15, 0.2) is 6.61 Å². The highest BCUT2D eigenvalue weighted by Crippen LogP contribution is 2.32. The maximum absolute atomic E-state index is 12.6. The molecule has 2 aromatic carbocycles. The first kappa shape index (κ1) is 20.7. The normalized spacial score (nSPS) is 15.1. The van der Waals surface area contributed by atoms with E-state index in [1.165, 1.54) is 4.90 Å². The van der Waals surface area contributed by atoms with Crippen LogP contribution >= 0.6 is 11.8 Å². The van der Waals surface area contributed by atoms with E-state index in [1.807, 2.05) is 30.3 Å². The Bertz CT molecular complexity index is 909. The summed E-state index contributed by atoms with van der Waals surface area (Å²) in [4.78, 5) is 37.8. The lowest BCUT2D eigenvalue weighted by atomic mass is 10.1. The lowest BCUT2D eigenvalue weighted by molar-refractivity contribution is -0.145. The summed E-state index contributed by atoms with van der Waals surface area (Å²) in [6, 6.07) is 16.7. The third kappa shape index (κ3) is 5.71. The van der Waals surface area contributed by atoms with Crippen LogP contribution in [0.2, 0.25) is 0 Å². The van der Waals surface area contributed by atoms with Gasteiger partial charge in [-0.25, -0.2) is 4.79 Å². The summed E-state index contributed by atoms with van der Waals surface area (Å²) in [5.74, 6) is -0.189. The molecule has 1 fully saturated rings. The summed E-state index contributed by atoms with van der Waals surface area (Å²) in [5, 5.41) is -0.258. The van der Waals surface area contributed by atoms with Crippen molar-refractivity contribution in [2.45, 2.75) is 13.3 Å². The van der Waals surface area contributed by atoms with E-state index in [2.05, 4.69) is 0 Å². The minimum atomic E-state index is -0.430. The average Bonchev–Trinajstić information content (AvgIpc) is 2.99. The lowest BCUT2D eigenvalue weighted by Gasteiger charge is -2.12. The van der Waals surface area contributed by atoms with E-state index >= 15 is 0 Å². The summed E-state index contributed by atoms with van der Waals surface area (Å²) >= 11 is 0.942. The molecule has 7 heteroatoms. The van der Waals surface area contributed by atoms with Gasteiger partial charge in [0, 0.05) is 6.54 Å². The second-order valence-electron chi connectivity index (χ2n) is 6.23. The van der Waals surface area contributed by atoms with Crippen LogP contribution in [0.1, 0.15) is 18.1 Å². The minimum Gasteiger partial charge on any atom is -0.482 e. The second-order valence-corrected chi connectivity index (χ2v) is 7.22. The molecule has 3 rings (SSSR count). The Kier molecular flexibility index (Phi) is 7.08. The molecule has 0 spiro atoms.